The number of hydrogen-bond donors (Lipinski definition) is 2. The molecular weight excluding hydrogens is 273 g/mol. The molecule has 1 atom stereocenters. The van der Waals surface area contributed by atoms with Crippen LogP contribution in [-0.4, -0.2) is 17.0 Å². The van der Waals surface area contributed by atoms with E-state index in [1.165, 1.54) is 19.1 Å². The highest BCUT2D eigenvalue weighted by Crippen LogP contribution is 2.16. The molecule has 0 spiro atoms. The number of aliphatic carboxylic acids is 1. The molecule has 0 aliphatic rings. The predicted molar refractivity (Wildman–Crippen MR) is 75.4 cm³/mol. The third-order valence-corrected chi connectivity index (χ3v) is 3.09. The van der Waals surface area contributed by atoms with Crippen LogP contribution in [-0.2, 0) is 4.79 Å². The number of carboxylic acids is 1. The van der Waals surface area contributed by atoms with Crippen molar-refractivity contribution in [1.29, 1.82) is 0 Å². The SMILES string of the molecule is Cc1cccc(C(=O)NC(C(=O)O)c2ccccc2)c1F. The van der Waals surface area contributed by atoms with E-state index >= 15 is 0 Å². The average Bonchev–Trinajstić information content (AvgIpc) is 2.48. The van der Waals surface area contributed by atoms with Crippen molar-refractivity contribution >= 4 is 11.9 Å². The zero-order valence-corrected chi connectivity index (χ0v) is 11.3. The Bertz CT molecular complexity index is 670. The zero-order chi connectivity index (χ0) is 15.4. The first-order valence-electron chi connectivity index (χ1n) is 6.34. The quantitative estimate of drug-likeness (QED) is 0.908. The standard InChI is InChI=1S/C16H14FNO3/c1-10-6-5-9-12(13(10)17)15(19)18-14(16(20)21)11-7-3-2-4-8-11/h2-9,14H,1H3,(H,18,19)(H,20,21). The van der Waals surface area contributed by atoms with Crippen LogP contribution in [0, 0.1) is 12.7 Å². The lowest BCUT2D eigenvalue weighted by molar-refractivity contribution is -0.139. The smallest absolute Gasteiger partial charge is 0.330 e. The highest BCUT2D eigenvalue weighted by molar-refractivity contribution is 5.97. The molecule has 0 aliphatic heterocycles. The van der Waals surface area contributed by atoms with Gasteiger partial charge in [0.2, 0.25) is 0 Å². The van der Waals surface area contributed by atoms with E-state index in [0.717, 1.165) is 0 Å². The van der Waals surface area contributed by atoms with Crippen molar-refractivity contribution in [2.75, 3.05) is 0 Å². The number of hydrogen-bond acceptors (Lipinski definition) is 2. The molecule has 21 heavy (non-hydrogen) atoms. The van der Waals surface area contributed by atoms with Crippen molar-refractivity contribution in [2.45, 2.75) is 13.0 Å². The molecule has 2 N–H and O–H groups in total. The molecule has 2 aromatic rings. The summed E-state index contributed by atoms with van der Waals surface area (Å²) >= 11 is 0. The van der Waals surface area contributed by atoms with E-state index in [4.69, 9.17) is 0 Å². The number of amides is 1. The fraction of sp³-hybridized carbons (Fsp3) is 0.125. The Morgan fingerprint density at radius 3 is 2.38 bits per heavy atom. The second-order valence-electron chi connectivity index (χ2n) is 4.59. The summed E-state index contributed by atoms with van der Waals surface area (Å²) in [5, 5.41) is 11.6. The van der Waals surface area contributed by atoms with Crippen molar-refractivity contribution in [3.63, 3.8) is 0 Å². The van der Waals surface area contributed by atoms with E-state index < -0.39 is 23.7 Å². The van der Waals surface area contributed by atoms with Crippen LogP contribution < -0.4 is 5.32 Å². The zero-order valence-electron chi connectivity index (χ0n) is 11.3. The summed E-state index contributed by atoms with van der Waals surface area (Å²) in [4.78, 5) is 23.4. The van der Waals surface area contributed by atoms with Gasteiger partial charge in [-0.2, -0.15) is 0 Å². The van der Waals surface area contributed by atoms with Gasteiger partial charge in [0, 0.05) is 0 Å². The molecule has 0 saturated heterocycles. The fourth-order valence-corrected chi connectivity index (χ4v) is 1.96. The third-order valence-electron chi connectivity index (χ3n) is 3.09. The molecule has 5 heteroatoms. The first-order valence-corrected chi connectivity index (χ1v) is 6.34. The number of halogens is 1. The molecule has 4 nitrogen and oxygen atoms in total. The number of carboxylic acid groups (broad SMARTS) is 1. The van der Waals surface area contributed by atoms with Gasteiger partial charge in [-0.25, -0.2) is 9.18 Å². The summed E-state index contributed by atoms with van der Waals surface area (Å²) in [5.74, 6) is -2.61. The summed E-state index contributed by atoms with van der Waals surface area (Å²) in [6, 6.07) is 11.4. The topological polar surface area (TPSA) is 66.4 Å². The van der Waals surface area contributed by atoms with Gasteiger partial charge in [-0.05, 0) is 24.1 Å². The Morgan fingerprint density at radius 2 is 1.76 bits per heavy atom. The normalized spacial score (nSPS) is 11.7. The largest absolute Gasteiger partial charge is 0.479 e. The molecule has 1 amide bonds. The van der Waals surface area contributed by atoms with Crippen molar-refractivity contribution in [3.05, 3.63) is 71.0 Å². The fourth-order valence-electron chi connectivity index (χ4n) is 1.96. The Hall–Kier alpha value is -2.69. The Labute approximate surface area is 121 Å². The Balaban J connectivity index is 2.28. The maximum Gasteiger partial charge on any atom is 0.330 e. The molecule has 0 heterocycles. The van der Waals surface area contributed by atoms with Gasteiger partial charge in [-0.1, -0.05) is 42.5 Å². The molecule has 0 aliphatic carbocycles. The molecular formula is C16H14FNO3. The van der Waals surface area contributed by atoms with E-state index in [2.05, 4.69) is 5.32 Å². The van der Waals surface area contributed by atoms with Crippen LogP contribution in [0.3, 0.4) is 0 Å². The molecule has 0 aromatic heterocycles. The Morgan fingerprint density at radius 1 is 1.10 bits per heavy atom. The van der Waals surface area contributed by atoms with Gasteiger partial charge in [0.1, 0.15) is 5.82 Å². The summed E-state index contributed by atoms with van der Waals surface area (Å²) in [6.07, 6.45) is 0. The van der Waals surface area contributed by atoms with E-state index in [1.807, 2.05) is 0 Å². The second-order valence-corrected chi connectivity index (χ2v) is 4.59. The maximum absolute atomic E-state index is 13.9. The number of benzene rings is 2. The minimum atomic E-state index is -1.22. The minimum Gasteiger partial charge on any atom is -0.479 e. The second kappa shape index (κ2) is 6.17. The van der Waals surface area contributed by atoms with Gasteiger partial charge in [-0.3, -0.25) is 4.79 Å². The van der Waals surface area contributed by atoms with Gasteiger partial charge >= 0.3 is 5.97 Å². The monoisotopic (exact) mass is 287 g/mol. The van der Waals surface area contributed by atoms with Crippen LogP contribution in [0.1, 0.15) is 27.5 Å². The van der Waals surface area contributed by atoms with E-state index in [9.17, 15) is 19.1 Å². The third kappa shape index (κ3) is 3.25. The number of aryl methyl sites for hydroxylation is 1. The minimum absolute atomic E-state index is 0.169. The van der Waals surface area contributed by atoms with Gasteiger partial charge in [-0.15, -0.1) is 0 Å². The number of carbonyl (C=O) groups excluding carboxylic acids is 1. The van der Waals surface area contributed by atoms with Crippen LogP contribution in [0.15, 0.2) is 48.5 Å². The van der Waals surface area contributed by atoms with Crippen LogP contribution in [0.2, 0.25) is 0 Å². The van der Waals surface area contributed by atoms with E-state index in [0.29, 0.717) is 11.1 Å². The number of nitrogens with one attached hydrogen (secondary N) is 1. The number of rotatable bonds is 4. The summed E-state index contributed by atoms with van der Waals surface area (Å²) in [5.41, 5.74) is 0.581. The first kappa shape index (κ1) is 14.7. The van der Waals surface area contributed by atoms with Crippen LogP contribution >= 0.6 is 0 Å². The molecule has 0 fully saturated rings. The van der Waals surface area contributed by atoms with Crippen LogP contribution in [0.25, 0.3) is 0 Å². The molecule has 2 rings (SSSR count). The van der Waals surface area contributed by atoms with Crippen molar-refractivity contribution in [1.82, 2.24) is 5.32 Å². The van der Waals surface area contributed by atoms with Gasteiger partial charge in [0.25, 0.3) is 5.91 Å². The summed E-state index contributed by atoms with van der Waals surface area (Å²) in [7, 11) is 0. The lowest BCUT2D eigenvalue weighted by Gasteiger charge is -2.15. The van der Waals surface area contributed by atoms with Crippen LogP contribution in [0.5, 0.6) is 0 Å². The lowest BCUT2D eigenvalue weighted by atomic mass is 10.1. The molecule has 1 unspecified atom stereocenters. The molecule has 0 bridgehead atoms. The summed E-state index contributed by atoms with van der Waals surface area (Å²) in [6.45, 7) is 1.54. The molecule has 0 saturated carbocycles. The molecule has 2 aromatic carbocycles. The van der Waals surface area contributed by atoms with Gasteiger partial charge in [0.05, 0.1) is 5.56 Å². The van der Waals surface area contributed by atoms with E-state index in [1.54, 1.807) is 36.4 Å². The number of carbonyl (C=O) groups is 2. The van der Waals surface area contributed by atoms with E-state index in [-0.39, 0.29) is 5.56 Å². The van der Waals surface area contributed by atoms with Crippen LogP contribution in [0.4, 0.5) is 4.39 Å². The predicted octanol–water partition coefficient (Wildman–Crippen LogP) is 2.69. The molecule has 0 radical (unpaired) electrons. The first-order chi connectivity index (χ1) is 10.0. The highest BCUT2D eigenvalue weighted by atomic mass is 19.1. The van der Waals surface area contributed by atoms with Gasteiger partial charge in [0.15, 0.2) is 6.04 Å². The lowest BCUT2D eigenvalue weighted by Crippen LogP contribution is -2.34. The van der Waals surface area contributed by atoms with Crippen molar-refractivity contribution < 1.29 is 19.1 Å². The summed E-state index contributed by atoms with van der Waals surface area (Å²) < 4.78 is 13.9. The molecule has 108 valence electrons. The van der Waals surface area contributed by atoms with Crippen molar-refractivity contribution in [2.24, 2.45) is 0 Å². The highest BCUT2D eigenvalue weighted by Gasteiger charge is 2.24. The average molecular weight is 287 g/mol. The maximum atomic E-state index is 13.9. The Kier molecular flexibility index (Phi) is 4.33. The van der Waals surface area contributed by atoms with Crippen molar-refractivity contribution in [3.8, 4) is 0 Å². The van der Waals surface area contributed by atoms with Gasteiger partial charge < -0.3 is 10.4 Å².